The van der Waals surface area contributed by atoms with Gasteiger partial charge in [0.15, 0.2) is 6.61 Å². The van der Waals surface area contributed by atoms with Crippen molar-refractivity contribution < 1.29 is 14.3 Å². The number of tetrazole rings is 1. The Morgan fingerprint density at radius 1 is 1.19 bits per heavy atom. The van der Waals surface area contributed by atoms with Crippen LogP contribution in [0.5, 0.6) is 11.5 Å². The third kappa shape index (κ3) is 4.22. The second-order valence-corrected chi connectivity index (χ2v) is 5.90. The van der Waals surface area contributed by atoms with Gasteiger partial charge in [-0.1, -0.05) is 23.2 Å². The van der Waals surface area contributed by atoms with Gasteiger partial charge < -0.3 is 14.8 Å². The van der Waals surface area contributed by atoms with Crippen LogP contribution in [0.4, 0.5) is 5.69 Å². The van der Waals surface area contributed by atoms with E-state index in [9.17, 15) is 4.79 Å². The molecule has 3 rings (SSSR count). The number of halogens is 2. The number of benzene rings is 2. The number of carbonyl (C=O) groups excluding carboxylic acids is 1. The van der Waals surface area contributed by atoms with Crippen LogP contribution < -0.4 is 14.8 Å². The molecule has 3 aromatic rings. The van der Waals surface area contributed by atoms with E-state index < -0.39 is 0 Å². The molecule has 1 heterocycles. The van der Waals surface area contributed by atoms with Crippen LogP contribution in [0.2, 0.25) is 10.0 Å². The SMILES string of the molecule is COc1ccc(NC(=O)COc2ccc(Cl)cc2Cl)cc1-n1cnnn1. The van der Waals surface area contributed by atoms with Crippen molar-refractivity contribution in [1.29, 1.82) is 0 Å². The summed E-state index contributed by atoms with van der Waals surface area (Å²) in [5, 5.41) is 14.5. The van der Waals surface area contributed by atoms with Gasteiger partial charge in [0.25, 0.3) is 5.91 Å². The molecule has 10 heteroatoms. The number of anilines is 1. The lowest BCUT2D eigenvalue weighted by Crippen LogP contribution is -2.20. The Balaban J connectivity index is 1.68. The van der Waals surface area contributed by atoms with E-state index in [2.05, 4.69) is 20.8 Å². The van der Waals surface area contributed by atoms with E-state index in [1.165, 1.54) is 24.2 Å². The molecule has 0 unspecified atom stereocenters. The molecular formula is C16H13Cl2N5O3. The zero-order valence-corrected chi connectivity index (χ0v) is 15.0. The van der Waals surface area contributed by atoms with Crippen LogP contribution in [0.15, 0.2) is 42.7 Å². The minimum Gasteiger partial charge on any atom is -0.494 e. The third-order valence-corrected chi connectivity index (χ3v) is 3.84. The lowest BCUT2D eigenvalue weighted by atomic mass is 10.2. The molecule has 0 saturated carbocycles. The van der Waals surface area contributed by atoms with E-state index in [1.54, 1.807) is 30.3 Å². The summed E-state index contributed by atoms with van der Waals surface area (Å²) < 4.78 is 12.1. The molecule has 0 bridgehead atoms. The summed E-state index contributed by atoms with van der Waals surface area (Å²) >= 11 is 11.8. The number of nitrogens with zero attached hydrogens (tertiary/aromatic N) is 4. The van der Waals surface area contributed by atoms with Crippen molar-refractivity contribution in [2.75, 3.05) is 19.0 Å². The van der Waals surface area contributed by atoms with Crippen molar-refractivity contribution in [2.24, 2.45) is 0 Å². The van der Waals surface area contributed by atoms with Crippen molar-refractivity contribution in [2.45, 2.75) is 0 Å². The highest BCUT2D eigenvalue weighted by Gasteiger charge is 2.11. The van der Waals surface area contributed by atoms with Gasteiger partial charge in [-0.05, 0) is 46.8 Å². The predicted molar refractivity (Wildman–Crippen MR) is 96.3 cm³/mol. The summed E-state index contributed by atoms with van der Waals surface area (Å²) in [5.41, 5.74) is 1.11. The fraction of sp³-hybridized carbons (Fsp3) is 0.125. The van der Waals surface area contributed by atoms with E-state index in [0.29, 0.717) is 32.9 Å². The molecule has 8 nitrogen and oxygen atoms in total. The molecule has 0 aliphatic carbocycles. The summed E-state index contributed by atoms with van der Waals surface area (Å²) in [7, 11) is 1.53. The second kappa shape index (κ2) is 8.03. The highest BCUT2D eigenvalue weighted by molar-refractivity contribution is 6.35. The van der Waals surface area contributed by atoms with Gasteiger partial charge in [-0.25, -0.2) is 0 Å². The molecule has 1 N–H and O–H groups in total. The first kappa shape index (κ1) is 18.0. The molecule has 0 spiro atoms. The molecule has 0 saturated heterocycles. The van der Waals surface area contributed by atoms with E-state index in [4.69, 9.17) is 32.7 Å². The summed E-state index contributed by atoms with van der Waals surface area (Å²) in [6.07, 6.45) is 1.43. The van der Waals surface area contributed by atoms with E-state index in [1.807, 2.05) is 0 Å². The smallest absolute Gasteiger partial charge is 0.262 e. The van der Waals surface area contributed by atoms with Gasteiger partial charge in [0.1, 0.15) is 23.5 Å². The number of ether oxygens (including phenoxy) is 2. The van der Waals surface area contributed by atoms with E-state index in [-0.39, 0.29) is 12.5 Å². The Labute approximate surface area is 158 Å². The Hall–Kier alpha value is -2.84. The van der Waals surface area contributed by atoms with Crippen molar-refractivity contribution in [3.05, 3.63) is 52.8 Å². The average molecular weight is 394 g/mol. The Morgan fingerprint density at radius 2 is 2.00 bits per heavy atom. The standard InChI is InChI=1S/C16H13Cl2N5O3/c1-25-15-5-3-11(7-13(15)23-9-19-21-22-23)20-16(24)8-26-14-4-2-10(17)6-12(14)18/h2-7,9H,8H2,1H3,(H,20,24). The van der Waals surface area contributed by atoms with Gasteiger partial charge in [-0.15, -0.1) is 5.10 Å². The first-order valence-electron chi connectivity index (χ1n) is 7.36. The quantitative estimate of drug-likeness (QED) is 0.691. The van der Waals surface area contributed by atoms with Gasteiger partial charge in [-0.3, -0.25) is 4.79 Å². The van der Waals surface area contributed by atoms with Crippen LogP contribution in [0, 0.1) is 0 Å². The lowest BCUT2D eigenvalue weighted by Gasteiger charge is -2.12. The first-order valence-corrected chi connectivity index (χ1v) is 8.11. The molecule has 26 heavy (non-hydrogen) atoms. The molecule has 1 aromatic heterocycles. The van der Waals surface area contributed by atoms with Crippen molar-refractivity contribution >= 4 is 34.8 Å². The van der Waals surface area contributed by atoms with Crippen LogP contribution in [-0.2, 0) is 4.79 Å². The number of methoxy groups -OCH3 is 1. The maximum atomic E-state index is 12.1. The average Bonchev–Trinajstić information content (AvgIpc) is 3.15. The Morgan fingerprint density at radius 3 is 2.69 bits per heavy atom. The molecule has 2 aromatic carbocycles. The van der Waals surface area contributed by atoms with Crippen molar-refractivity contribution in [1.82, 2.24) is 20.2 Å². The van der Waals surface area contributed by atoms with Gasteiger partial charge in [0, 0.05) is 10.7 Å². The molecule has 1 amide bonds. The third-order valence-electron chi connectivity index (χ3n) is 3.31. The molecule has 0 atom stereocenters. The van der Waals surface area contributed by atoms with Crippen LogP contribution in [0.1, 0.15) is 0 Å². The summed E-state index contributed by atoms with van der Waals surface area (Å²) in [6.45, 7) is -0.215. The number of hydrogen-bond donors (Lipinski definition) is 1. The Bertz CT molecular complexity index is 918. The molecule has 0 aliphatic rings. The monoisotopic (exact) mass is 393 g/mol. The number of rotatable bonds is 6. The van der Waals surface area contributed by atoms with Crippen LogP contribution in [0.3, 0.4) is 0 Å². The molecule has 0 aliphatic heterocycles. The summed E-state index contributed by atoms with van der Waals surface area (Å²) in [6, 6.07) is 9.84. The topological polar surface area (TPSA) is 91.2 Å². The number of hydrogen-bond acceptors (Lipinski definition) is 6. The number of carbonyl (C=O) groups is 1. The van der Waals surface area contributed by atoms with E-state index >= 15 is 0 Å². The van der Waals surface area contributed by atoms with Crippen LogP contribution >= 0.6 is 23.2 Å². The lowest BCUT2D eigenvalue weighted by molar-refractivity contribution is -0.118. The van der Waals surface area contributed by atoms with Crippen molar-refractivity contribution in [3.63, 3.8) is 0 Å². The molecular weight excluding hydrogens is 381 g/mol. The number of amides is 1. The molecule has 0 fully saturated rings. The largest absolute Gasteiger partial charge is 0.494 e. The fourth-order valence-electron chi connectivity index (χ4n) is 2.15. The summed E-state index contributed by atoms with van der Waals surface area (Å²) in [5.74, 6) is 0.568. The number of nitrogens with one attached hydrogen (secondary N) is 1. The van der Waals surface area contributed by atoms with Crippen LogP contribution in [0.25, 0.3) is 5.69 Å². The first-order chi connectivity index (χ1) is 12.6. The van der Waals surface area contributed by atoms with Gasteiger partial charge in [0.2, 0.25) is 0 Å². The van der Waals surface area contributed by atoms with Gasteiger partial charge in [0.05, 0.1) is 12.1 Å². The fourth-order valence-corrected chi connectivity index (χ4v) is 2.61. The highest BCUT2D eigenvalue weighted by Crippen LogP contribution is 2.28. The zero-order valence-electron chi connectivity index (χ0n) is 13.5. The molecule has 134 valence electrons. The van der Waals surface area contributed by atoms with Crippen LogP contribution in [-0.4, -0.2) is 39.8 Å². The maximum Gasteiger partial charge on any atom is 0.262 e. The highest BCUT2D eigenvalue weighted by atomic mass is 35.5. The minimum atomic E-state index is -0.358. The molecule has 0 radical (unpaired) electrons. The van der Waals surface area contributed by atoms with Gasteiger partial charge in [-0.2, -0.15) is 4.68 Å². The van der Waals surface area contributed by atoms with Gasteiger partial charge >= 0.3 is 0 Å². The zero-order chi connectivity index (χ0) is 18.5. The summed E-state index contributed by atoms with van der Waals surface area (Å²) in [4.78, 5) is 12.1. The second-order valence-electron chi connectivity index (χ2n) is 5.05. The number of aromatic nitrogens is 4. The predicted octanol–water partition coefficient (Wildman–Crippen LogP) is 3.00. The normalized spacial score (nSPS) is 10.4. The minimum absolute atomic E-state index is 0.215. The maximum absolute atomic E-state index is 12.1. The van der Waals surface area contributed by atoms with E-state index in [0.717, 1.165) is 0 Å². The Kier molecular flexibility index (Phi) is 5.55. The van der Waals surface area contributed by atoms with Crippen molar-refractivity contribution in [3.8, 4) is 17.2 Å².